The van der Waals surface area contributed by atoms with E-state index in [2.05, 4.69) is 34.8 Å². The molecule has 7 N–H and O–H groups in total. The van der Waals surface area contributed by atoms with E-state index >= 15 is 0 Å². The smallest absolute Gasteiger partial charge is 0.409 e. The van der Waals surface area contributed by atoms with Crippen LogP contribution >= 0.6 is 11.3 Å². The second-order valence-corrected chi connectivity index (χ2v) is 28.8. The number of benzene rings is 3. The van der Waals surface area contributed by atoms with Crippen LogP contribution in [0, 0.1) is 29.1 Å². The van der Waals surface area contributed by atoms with Gasteiger partial charge in [-0.05, 0) is 165 Å². The zero-order valence-electron chi connectivity index (χ0n) is 51.7. The van der Waals surface area contributed by atoms with E-state index in [4.69, 9.17) is 34.6 Å². The molecule has 11 rings (SSSR count). The summed E-state index contributed by atoms with van der Waals surface area (Å²) in [6.07, 6.45) is 8.63. The van der Waals surface area contributed by atoms with Crippen LogP contribution in [0.3, 0.4) is 0 Å². The fourth-order valence-corrected chi connectivity index (χ4v) is 16.3. The Morgan fingerprint density at radius 2 is 1.61 bits per heavy atom. The van der Waals surface area contributed by atoms with E-state index in [1.54, 1.807) is 38.4 Å². The van der Waals surface area contributed by atoms with E-state index in [9.17, 15) is 37.5 Å². The number of pyridine rings is 1. The van der Waals surface area contributed by atoms with Crippen molar-refractivity contribution < 1.29 is 56.3 Å². The van der Waals surface area contributed by atoms with Gasteiger partial charge in [0.15, 0.2) is 10.8 Å². The van der Waals surface area contributed by atoms with Gasteiger partial charge in [-0.25, -0.2) is 19.6 Å². The lowest BCUT2D eigenvalue weighted by Crippen LogP contribution is -2.64. The van der Waals surface area contributed by atoms with Crippen molar-refractivity contribution in [2.45, 2.75) is 143 Å². The van der Waals surface area contributed by atoms with E-state index in [1.165, 1.54) is 16.2 Å². The zero-order valence-corrected chi connectivity index (χ0v) is 53.4. The number of amides is 4. The highest BCUT2D eigenvalue weighted by Crippen LogP contribution is 2.72. The minimum Gasteiger partial charge on any atom is -0.476 e. The molecule has 1 aliphatic heterocycles. The highest BCUT2D eigenvalue weighted by molar-refractivity contribution is 7.85. The quantitative estimate of drug-likeness (QED) is 0.0218. The first-order valence-corrected chi connectivity index (χ1v) is 33.0. The molecule has 0 spiro atoms. The summed E-state index contributed by atoms with van der Waals surface area (Å²) in [5, 5.41) is 24.7. The van der Waals surface area contributed by atoms with Crippen LogP contribution in [-0.2, 0) is 66.5 Å². The molecule has 4 fully saturated rings. The van der Waals surface area contributed by atoms with Gasteiger partial charge in [0.05, 0.1) is 40.4 Å². The zero-order chi connectivity index (χ0) is 63.6. The fraction of sp³-hybridized carbons (Fsp3) is 0.508. The number of carbonyl (C=O) groups is 5. The maximum atomic E-state index is 13.8. The van der Waals surface area contributed by atoms with Crippen LogP contribution in [0.2, 0.25) is 0 Å². The number of nitrogens with one attached hydrogen (secondary N) is 3. The Hall–Kier alpha value is -7.35. The molecule has 3 aromatic heterocycles. The molecule has 476 valence electrons. The number of aryl methyl sites for hydroxylation is 1. The number of fused-ring (bicyclic) bond motifs is 2. The molecule has 4 aliphatic carbocycles. The number of rotatable bonds is 26. The van der Waals surface area contributed by atoms with Gasteiger partial charge in [-0.15, -0.1) is 0 Å². The van der Waals surface area contributed by atoms with Gasteiger partial charge >= 0.3 is 12.1 Å². The second-order valence-electron chi connectivity index (χ2n) is 26.2. The summed E-state index contributed by atoms with van der Waals surface area (Å²) in [7, 11) is -2.42. The predicted octanol–water partition coefficient (Wildman–Crippen LogP) is 9.43. The Balaban J connectivity index is 0.769. The van der Waals surface area contributed by atoms with Gasteiger partial charge in [0.25, 0.3) is 16.0 Å². The highest BCUT2D eigenvalue weighted by Gasteiger charge is 2.66. The molecular formula is C65H82N10O12S2. The minimum atomic E-state index is -4.10. The molecule has 5 aliphatic rings. The summed E-state index contributed by atoms with van der Waals surface area (Å²) in [5.41, 5.74) is 12.6. The lowest BCUT2D eigenvalue weighted by molar-refractivity contribution is -0.248. The molecular weight excluding hydrogens is 1180 g/mol. The fourth-order valence-electron chi connectivity index (χ4n) is 15.0. The van der Waals surface area contributed by atoms with Gasteiger partial charge in [-0.3, -0.25) is 28.9 Å². The van der Waals surface area contributed by atoms with Crippen molar-refractivity contribution in [2.24, 2.45) is 27.9 Å². The van der Waals surface area contributed by atoms with Crippen molar-refractivity contribution in [1.29, 1.82) is 0 Å². The van der Waals surface area contributed by atoms with Crippen molar-refractivity contribution in [3.05, 3.63) is 118 Å². The number of anilines is 3. The molecule has 4 bridgehead atoms. The summed E-state index contributed by atoms with van der Waals surface area (Å²) in [4.78, 5) is 79.3. The van der Waals surface area contributed by atoms with E-state index in [1.807, 2.05) is 85.0 Å². The maximum absolute atomic E-state index is 13.8. The normalized spacial score (nSPS) is 21.8. The van der Waals surface area contributed by atoms with Crippen molar-refractivity contribution in [1.82, 2.24) is 30.0 Å². The standard InChI is InChI=1S/C65H82N10O12S2/c1-40(2)54(66)58(78)68-41(3)56(76)69-46-19-18-45(44(29-46)14-11-25-85-26-12-28-89(82,83)84)32-86-61(81)73(7)24-27-87-65-36-62(5)33-63(6,37-65)35-64(34-62,38-65)39-75-42(4)49(30-67-75)47-20-21-53(71-55(47)59(79)80)74-23-22-43-13-10-15-48(50(43)31-74)57(77)72-60-70-51-16-8-9-17-52(51)88-60/h8-10,13,15-21,29-30,40-41,54H,11-12,14,22-28,31-39,66H2,1-7H3,(H,68,78)(H,69,76)(H,79,80)(H,70,72,77)(H,82,83,84)/t41-,54-,62?,63?,64?,65?/m0/s1. The highest BCUT2D eigenvalue weighted by atomic mass is 32.2. The number of carbonyl (C=O) groups excluding carboxylic acids is 4. The van der Waals surface area contributed by atoms with Crippen LogP contribution in [0.1, 0.15) is 135 Å². The average molecular weight is 1260 g/mol. The number of nitrogens with zero attached hydrogens (tertiary/aromatic N) is 6. The second kappa shape index (κ2) is 26.2. The number of aromatic carboxylic acids is 1. The topological polar surface area (TPSA) is 300 Å². The summed E-state index contributed by atoms with van der Waals surface area (Å²) in [6, 6.07) is 20.7. The number of carboxylic acid groups (broad SMARTS) is 1. The SMILES string of the molecule is Cc1c(-c2ccc(N3CCc4cccc(C(=O)Nc5nc6ccccc6s5)c4C3)nc2C(=O)O)cnn1CC12CC3(C)CC(C)(C1)CC(OCCN(C)C(=O)OCc1ccc(NC(=O)[C@H](C)NC(=O)[C@@H](N)C(C)C)cc1CCCOCCCS(=O)(=O)O)(C3)C2. The number of para-hydroxylation sites is 1. The molecule has 4 amide bonds. The van der Waals surface area contributed by atoms with Crippen LogP contribution in [-0.4, -0.2) is 136 Å². The van der Waals surface area contributed by atoms with Crippen molar-refractivity contribution in [2.75, 3.05) is 61.2 Å². The Labute approximate surface area is 523 Å². The summed E-state index contributed by atoms with van der Waals surface area (Å²) < 4.78 is 52.9. The third-order valence-electron chi connectivity index (χ3n) is 18.1. The van der Waals surface area contributed by atoms with Gasteiger partial charge in [0.2, 0.25) is 11.8 Å². The van der Waals surface area contributed by atoms with Crippen molar-refractivity contribution in [3.8, 4) is 11.1 Å². The number of hydrogen-bond acceptors (Lipinski definition) is 16. The van der Waals surface area contributed by atoms with Crippen LogP contribution < -0.4 is 26.6 Å². The van der Waals surface area contributed by atoms with Crippen LogP contribution in [0.15, 0.2) is 79.0 Å². The molecule has 0 saturated heterocycles. The van der Waals surface area contributed by atoms with Gasteiger partial charge in [-0.2, -0.15) is 13.5 Å². The summed E-state index contributed by atoms with van der Waals surface area (Å²) in [5.74, 6) is -2.31. The van der Waals surface area contributed by atoms with Gasteiger partial charge in [0.1, 0.15) is 18.5 Å². The summed E-state index contributed by atoms with van der Waals surface area (Å²) >= 11 is 1.42. The number of likely N-dealkylation sites (N-methyl/N-ethyl adjacent to an activating group) is 1. The van der Waals surface area contributed by atoms with E-state index in [0.717, 1.165) is 71.1 Å². The lowest BCUT2D eigenvalue weighted by atomic mass is 9.39. The molecule has 6 aromatic rings. The number of nitrogens with two attached hydrogens (primary N) is 1. The van der Waals surface area contributed by atoms with Gasteiger partial charge < -0.3 is 45.5 Å². The third kappa shape index (κ3) is 15.1. The number of ether oxygens (including phenoxy) is 3. The van der Waals surface area contributed by atoms with E-state index in [0.29, 0.717) is 77.8 Å². The Morgan fingerprint density at radius 1 is 0.854 bits per heavy atom. The van der Waals surface area contributed by atoms with Crippen molar-refractivity contribution in [3.63, 3.8) is 0 Å². The number of aromatic nitrogens is 4. The number of hydrogen-bond donors (Lipinski definition) is 6. The van der Waals surface area contributed by atoms with E-state index in [-0.39, 0.29) is 73.2 Å². The first kappa shape index (κ1) is 64.6. The van der Waals surface area contributed by atoms with Crippen LogP contribution in [0.25, 0.3) is 21.3 Å². The maximum Gasteiger partial charge on any atom is 0.409 e. The molecule has 4 heterocycles. The molecule has 0 radical (unpaired) electrons. The monoisotopic (exact) mass is 1260 g/mol. The molecule has 2 unspecified atom stereocenters. The largest absolute Gasteiger partial charge is 0.476 e. The predicted molar refractivity (Wildman–Crippen MR) is 339 cm³/mol. The number of thiazole rings is 1. The molecule has 22 nitrogen and oxygen atoms in total. The minimum absolute atomic E-state index is 0.00540. The molecule has 24 heteroatoms. The van der Waals surface area contributed by atoms with Gasteiger partial charge in [-0.1, -0.05) is 69.4 Å². The van der Waals surface area contributed by atoms with Crippen molar-refractivity contribution >= 4 is 78.1 Å². The Morgan fingerprint density at radius 3 is 2.34 bits per heavy atom. The first-order valence-electron chi connectivity index (χ1n) is 30.5. The lowest BCUT2D eigenvalue weighted by Gasteiger charge is -2.69. The van der Waals surface area contributed by atoms with E-state index < -0.39 is 57.4 Å². The first-order chi connectivity index (χ1) is 42.2. The molecule has 3 aromatic carbocycles. The molecule has 89 heavy (non-hydrogen) atoms. The van der Waals surface area contributed by atoms with Crippen LogP contribution in [0.5, 0.6) is 0 Å². The van der Waals surface area contributed by atoms with Crippen LogP contribution in [0.4, 0.5) is 21.4 Å². The third-order valence-corrected chi connectivity index (χ3v) is 19.9. The average Bonchev–Trinajstić information content (AvgIpc) is 1.06. The Bertz CT molecular complexity index is 3720. The van der Waals surface area contributed by atoms with Gasteiger partial charge in [0, 0.05) is 74.5 Å². The Kier molecular flexibility index (Phi) is 19.1. The summed E-state index contributed by atoms with van der Waals surface area (Å²) in [6.45, 7) is 14.4. The molecule has 4 atom stereocenters. The molecule has 4 saturated carbocycles. The number of carboxylic acids is 1.